The highest BCUT2D eigenvalue weighted by molar-refractivity contribution is 5.66. The fourth-order valence-corrected chi connectivity index (χ4v) is 3.00. The van der Waals surface area contributed by atoms with Gasteiger partial charge in [-0.2, -0.15) is 4.73 Å². The fraction of sp³-hybridized carbons (Fsp3) is 0.692. The van der Waals surface area contributed by atoms with Crippen molar-refractivity contribution in [2.75, 3.05) is 36.0 Å². The molecule has 2 saturated heterocycles. The summed E-state index contributed by atoms with van der Waals surface area (Å²) in [6.07, 6.45) is 4.67. The van der Waals surface area contributed by atoms with Gasteiger partial charge >= 0.3 is 0 Å². The van der Waals surface area contributed by atoms with Gasteiger partial charge < -0.3 is 15.0 Å². The molecule has 1 aromatic heterocycles. The molecule has 1 aromatic rings. The summed E-state index contributed by atoms with van der Waals surface area (Å²) in [5, 5.41) is 18.1. The summed E-state index contributed by atoms with van der Waals surface area (Å²) in [4.78, 5) is 8.98. The third-order valence-electron chi connectivity index (χ3n) is 4.05. The third kappa shape index (κ3) is 2.05. The van der Waals surface area contributed by atoms with Crippen LogP contribution in [0.2, 0.25) is 0 Å². The predicted molar refractivity (Wildman–Crippen MR) is 72.9 cm³/mol. The molecular formula is C13H21N5O. The summed E-state index contributed by atoms with van der Waals surface area (Å²) in [6.45, 7) is 5.66. The molecule has 3 heterocycles. The summed E-state index contributed by atoms with van der Waals surface area (Å²) < 4.78 is 0.896. The highest BCUT2D eigenvalue weighted by Crippen LogP contribution is 2.29. The van der Waals surface area contributed by atoms with E-state index in [4.69, 9.17) is 5.41 Å². The molecule has 2 N–H and O–H groups in total. The first-order valence-electron chi connectivity index (χ1n) is 7.06. The zero-order chi connectivity index (χ0) is 13.4. The van der Waals surface area contributed by atoms with Crippen molar-refractivity contribution in [3.05, 3.63) is 11.3 Å². The number of hydrogen-bond acceptors (Lipinski definition) is 5. The van der Waals surface area contributed by atoms with Gasteiger partial charge in [-0.05, 0) is 32.6 Å². The lowest BCUT2D eigenvalue weighted by Gasteiger charge is -2.26. The first kappa shape index (κ1) is 12.3. The van der Waals surface area contributed by atoms with Gasteiger partial charge in [0.25, 0.3) is 0 Å². The van der Waals surface area contributed by atoms with Crippen LogP contribution in [0.5, 0.6) is 0 Å². The van der Waals surface area contributed by atoms with Crippen LogP contribution in [0, 0.1) is 12.3 Å². The van der Waals surface area contributed by atoms with E-state index >= 15 is 0 Å². The van der Waals surface area contributed by atoms with Crippen LogP contribution in [0.3, 0.4) is 0 Å². The molecule has 0 bridgehead atoms. The molecule has 2 aliphatic rings. The van der Waals surface area contributed by atoms with Crippen LogP contribution >= 0.6 is 0 Å². The second kappa shape index (κ2) is 4.75. The first-order valence-corrected chi connectivity index (χ1v) is 7.06. The zero-order valence-corrected chi connectivity index (χ0v) is 11.4. The van der Waals surface area contributed by atoms with Crippen LogP contribution in [0.1, 0.15) is 31.5 Å². The summed E-state index contributed by atoms with van der Waals surface area (Å²) in [6, 6.07) is 0. The standard InChI is InChI=1S/C13H21N5O/c1-10-15-13(17-8-4-5-9-17)11(12(14)18(10)19)16-6-2-3-7-16/h14,19H,2-9H2,1H3. The third-order valence-corrected chi connectivity index (χ3v) is 4.05. The number of aryl methyl sites for hydroxylation is 1. The van der Waals surface area contributed by atoms with Gasteiger partial charge in [-0.25, -0.2) is 4.98 Å². The quantitative estimate of drug-likeness (QED) is 0.784. The Morgan fingerprint density at radius 3 is 2.11 bits per heavy atom. The average Bonchev–Trinajstić information content (AvgIpc) is 3.07. The van der Waals surface area contributed by atoms with Crippen LogP contribution in [0.4, 0.5) is 11.5 Å². The van der Waals surface area contributed by atoms with Crippen LogP contribution < -0.4 is 15.3 Å². The number of nitrogens with zero attached hydrogens (tertiary/aromatic N) is 4. The summed E-state index contributed by atoms with van der Waals surface area (Å²) in [7, 11) is 0. The van der Waals surface area contributed by atoms with Crippen molar-refractivity contribution in [2.24, 2.45) is 0 Å². The van der Waals surface area contributed by atoms with Gasteiger partial charge in [-0.3, -0.25) is 5.41 Å². The molecule has 6 heteroatoms. The van der Waals surface area contributed by atoms with E-state index in [0.717, 1.165) is 55.3 Å². The van der Waals surface area contributed by atoms with E-state index in [0.29, 0.717) is 5.82 Å². The van der Waals surface area contributed by atoms with Crippen molar-refractivity contribution in [3.8, 4) is 0 Å². The number of nitrogens with one attached hydrogen (secondary N) is 1. The minimum atomic E-state index is 0.163. The highest BCUT2D eigenvalue weighted by atomic mass is 16.5. The molecule has 0 radical (unpaired) electrons. The average molecular weight is 263 g/mol. The molecule has 0 aliphatic carbocycles. The van der Waals surface area contributed by atoms with Crippen LogP contribution in [-0.4, -0.2) is 41.1 Å². The van der Waals surface area contributed by atoms with Gasteiger partial charge in [-0.1, -0.05) is 0 Å². The molecule has 2 fully saturated rings. The molecule has 3 rings (SSSR count). The molecule has 6 nitrogen and oxygen atoms in total. The van der Waals surface area contributed by atoms with Gasteiger partial charge in [0.1, 0.15) is 11.5 Å². The van der Waals surface area contributed by atoms with Crippen LogP contribution in [0.15, 0.2) is 0 Å². The Labute approximate surface area is 112 Å². The molecule has 0 aromatic carbocycles. The molecule has 0 saturated carbocycles. The lowest BCUT2D eigenvalue weighted by atomic mass is 10.3. The number of anilines is 2. The molecular weight excluding hydrogens is 242 g/mol. The Bertz CT molecular complexity index is 527. The molecule has 0 atom stereocenters. The Kier molecular flexibility index (Phi) is 3.08. The predicted octanol–water partition coefficient (Wildman–Crippen LogP) is 1.11. The maximum absolute atomic E-state index is 9.94. The molecule has 19 heavy (non-hydrogen) atoms. The van der Waals surface area contributed by atoms with Crippen LogP contribution in [0.25, 0.3) is 0 Å². The highest BCUT2D eigenvalue weighted by Gasteiger charge is 2.25. The smallest absolute Gasteiger partial charge is 0.190 e. The normalized spacial score (nSPS) is 19.4. The monoisotopic (exact) mass is 263 g/mol. The van der Waals surface area contributed by atoms with E-state index in [1.54, 1.807) is 6.92 Å². The number of aromatic nitrogens is 2. The van der Waals surface area contributed by atoms with Gasteiger partial charge in [0.05, 0.1) is 0 Å². The topological polar surface area (TPSA) is 68.4 Å². The van der Waals surface area contributed by atoms with Crippen molar-refractivity contribution in [1.29, 1.82) is 5.41 Å². The second-order valence-electron chi connectivity index (χ2n) is 5.38. The molecule has 104 valence electrons. The Morgan fingerprint density at radius 1 is 1.00 bits per heavy atom. The van der Waals surface area contributed by atoms with Crippen molar-refractivity contribution in [2.45, 2.75) is 32.6 Å². The largest absolute Gasteiger partial charge is 0.425 e. The van der Waals surface area contributed by atoms with Gasteiger partial charge in [0, 0.05) is 26.2 Å². The fourth-order valence-electron chi connectivity index (χ4n) is 3.00. The van der Waals surface area contributed by atoms with Crippen molar-refractivity contribution in [3.63, 3.8) is 0 Å². The Morgan fingerprint density at radius 2 is 1.53 bits per heavy atom. The minimum Gasteiger partial charge on any atom is -0.425 e. The van der Waals surface area contributed by atoms with E-state index in [9.17, 15) is 5.21 Å². The maximum Gasteiger partial charge on any atom is 0.190 e. The molecule has 0 spiro atoms. The summed E-state index contributed by atoms with van der Waals surface area (Å²) >= 11 is 0. The maximum atomic E-state index is 9.94. The lowest BCUT2D eigenvalue weighted by molar-refractivity contribution is 0.160. The number of rotatable bonds is 2. The van der Waals surface area contributed by atoms with Gasteiger partial charge in [0.15, 0.2) is 11.3 Å². The SMILES string of the molecule is Cc1nc(N2CCCC2)c(N2CCCC2)c(=N)n1O. The van der Waals surface area contributed by atoms with E-state index in [2.05, 4.69) is 14.8 Å². The summed E-state index contributed by atoms with van der Waals surface area (Å²) in [5.74, 6) is 1.36. The Balaban J connectivity index is 2.12. The van der Waals surface area contributed by atoms with E-state index < -0.39 is 0 Å². The van der Waals surface area contributed by atoms with Crippen molar-refractivity contribution < 1.29 is 5.21 Å². The van der Waals surface area contributed by atoms with E-state index in [1.165, 1.54) is 12.8 Å². The van der Waals surface area contributed by atoms with Crippen molar-refractivity contribution in [1.82, 2.24) is 9.71 Å². The van der Waals surface area contributed by atoms with Gasteiger partial charge in [-0.15, -0.1) is 0 Å². The van der Waals surface area contributed by atoms with Gasteiger partial charge in [0.2, 0.25) is 0 Å². The van der Waals surface area contributed by atoms with E-state index in [1.807, 2.05) is 0 Å². The minimum absolute atomic E-state index is 0.163. The molecule has 2 aliphatic heterocycles. The van der Waals surface area contributed by atoms with E-state index in [-0.39, 0.29) is 5.49 Å². The zero-order valence-electron chi connectivity index (χ0n) is 11.4. The summed E-state index contributed by atoms with van der Waals surface area (Å²) in [5.41, 5.74) is 0.962. The number of hydrogen-bond donors (Lipinski definition) is 2. The first-order chi connectivity index (χ1) is 9.18. The van der Waals surface area contributed by atoms with Crippen molar-refractivity contribution >= 4 is 11.5 Å². The van der Waals surface area contributed by atoms with Crippen LogP contribution in [-0.2, 0) is 0 Å². The lowest BCUT2D eigenvalue weighted by Crippen LogP contribution is -2.35. The molecule has 0 amide bonds. The molecule has 0 unspecified atom stereocenters. The Hall–Kier alpha value is -1.72. The second-order valence-corrected chi connectivity index (χ2v) is 5.38.